The Labute approximate surface area is 171 Å². The summed E-state index contributed by atoms with van der Waals surface area (Å²) in [6.07, 6.45) is 1.95. The number of thioether (sulfide) groups is 1. The van der Waals surface area contributed by atoms with Gasteiger partial charge in [0.05, 0.1) is 12.5 Å². The van der Waals surface area contributed by atoms with Crippen LogP contribution in [0.15, 0.2) is 45.8 Å². The van der Waals surface area contributed by atoms with Crippen molar-refractivity contribution in [1.29, 1.82) is 0 Å². The van der Waals surface area contributed by atoms with Crippen molar-refractivity contribution >= 4 is 56.7 Å². The Bertz CT molecular complexity index is 787. The van der Waals surface area contributed by atoms with Crippen molar-refractivity contribution in [2.45, 2.75) is 31.2 Å². The second kappa shape index (κ2) is 9.39. The number of thiocarbonyl (C=S) groups is 1. The molecule has 3 N–H and O–H groups in total. The molecule has 0 aromatic heterocycles. The molecule has 0 amide bonds. The van der Waals surface area contributed by atoms with Crippen LogP contribution < -0.4 is 10.6 Å². The maximum Gasteiger partial charge on any atom is 0.305 e. The van der Waals surface area contributed by atoms with Crippen LogP contribution in [-0.4, -0.2) is 22.4 Å². The second-order valence-corrected chi connectivity index (χ2v) is 8.14. The molecule has 0 aliphatic carbocycles. The molecule has 0 bridgehead atoms. The van der Waals surface area contributed by atoms with E-state index in [0.717, 1.165) is 31.7 Å². The normalized spacial score (nSPS) is 11.7. The van der Waals surface area contributed by atoms with Crippen LogP contribution in [-0.2, 0) is 4.79 Å². The van der Waals surface area contributed by atoms with Crippen LogP contribution in [0, 0.1) is 13.8 Å². The monoisotopic (exact) mass is 452 g/mol. The van der Waals surface area contributed by atoms with Crippen LogP contribution in [0.2, 0.25) is 0 Å². The van der Waals surface area contributed by atoms with Gasteiger partial charge in [-0.05, 0) is 73.3 Å². The third-order valence-corrected chi connectivity index (χ3v) is 5.36. The van der Waals surface area contributed by atoms with Crippen molar-refractivity contribution in [2.75, 3.05) is 11.6 Å². The molecule has 7 heteroatoms. The van der Waals surface area contributed by atoms with Crippen molar-refractivity contribution < 1.29 is 9.90 Å². The van der Waals surface area contributed by atoms with Gasteiger partial charge in [-0.1, -0.05) is 28.1 Å². The SMILES string of the molecule is CSc1ccc([C@H](CC(=O)O)NC(=S)Nc2c(C)cc(Br)cc2C)cc1. The lowest BCUT2D eigenvalue weighted by Crippen LogP contribution is -2.34. The lowest BCUT2D eigenvalue weighted by molar-refractivity contribution is -0.137. The molecule has 0 saturated heterocycles. The number of hydrogen-bond acceptors (Lipinski definition) is 3. The topological polar surface area (TPSA) is 61.4 Å². The highest BCUT2D eigenvalue weighted by atomic mass is 79.9. The van der Waals surface area contributed by atoms with E-state index in [1.54, 1.807) is 11.8 Å². The Morgan fingerprint density at radius 1 is 1.23 bits per heavy atom. The largest absolute Gasteiger partial charge is 0.481 e. The fraction of sp³-hybridized carbons (Fsp3) is 0.263. The van der Waals surface area contributed by atoms with Crippen molar-refractivity contribution in [1.82, 2.24) is 5.32 Å². The zero-order valence-corrected chi connectivity index (χ0v) is 18.0. The maximum atomic E-state index is 11.3. The van der Waals surface area contributed by atoms with E-state index in [-0.39, 0.29) is 6.42 Å². The first-order chi connectivity index (χ1) is 12.3. The van der Waals surface area contributed by atoms with Crippen LogP contribution in [0.5, 0.6) is 0 Å². The highest BCUT2D eigenvalue weighted by molar-refractivity contribution is 9.10. The van der Waals surface area contributed by atoms with Crippen LogP contribution in [0.1, 0.15) is 29.2 Å². The third-order valence-electron chi connectivity index (χ3n) is 3.94. The molecule has 2 aromatic carbocycles. The smallest absolute Gasteiger partial charge is 0.305 e. The van der Waals surface area contributed by atoms with Gasteiger partial charge in [-0.2, -0.15) is 0 Å². The molecule has 26 heavy (non-hydrogen) atoms. The number of rotatable bonds is 6. The van der Waals surface area contributed by atoms with Crippen LogP contribution >= 0.6 is 39.9 Å². The van der Waals surface area contributed by atoms with E-state index in [1.165, 1.54) is 0 Å². The third kappa shape index (κ3) is 5.72. The van der Waals surface area contributed by atoms with E-state index in [0.29, 0.717) is 5.11 Å². The Balaban J connectivity index is 2.17. The molecular weight excluding hydrogens is 432 g/mol. The van der Waals surface area contributed by atoms with Gasteiger partial charge >= 0.3 is 5.97 Å². The summed E-state index contributed by atoms with van der Waals surface area (Å²) in [6, 6.07) is 11.4. The molecule has 0 aliphatic rings. The van der Waals surface area contributed by atoms with E-state index in [9.17, 15) is 9.90 Å². The minimum absolute atomic E-state index is 0.0568. The van der Waals surface area contributed by atoms with Gasteiger partial charge in [0.25, 0.3) is 0 Å². The summed E-state index contributed by atoms with van der Waals surface area (Å²) < 4.78 is 1.01. The molecule has 1 atom stereocenters. The Hall–Kier alpha value is -1.57. The van der Waals surface area contributed by atoms with Gasteiger partial charge < -0.3 is 15.7 Å². The quantitative estimate of drug-likeness (QED) is 0.408. The Morgan fingerprint density at radius 3 is 2.31 bits per heavy atom. The predicted octanol–water partition coefficient (Wildman–Crippen LogP) is 5.29. The molecule has 4 nitrogen and oxygen atoms in total. The zero-order valence-electron chi connectivity index (χ0n) is 14.8. The summed E-state index contributed by atoms with van der Waals surface area (Å²) in [4.78, 5) is 12.4. The molecule has 0 saturated carbocycles. The average Bonchev–Trinajstić information content (AvgIpc) is 2.57. The van der Waals surface area contributed by atoms with Gasteiger partial charge in [0.15, 0.2) is 5.11 Å². The van der Waals surface area contributed by atoms with Crippen LogP contribution in [0.4, 0.5) is 5.69 Å². The van der Waals surface area contributed by atoms with Gasteiger partial charge in [-0.3, -0.25) is 4.79 Å². The predicted molar refractivity (Wildman–Crippen MR) is 116 cm³/mol. The highest BCUT2D eigenvalue weighted by Crippen LogP contribution is 2.26. The van der Waals surface area contributed by atoms with Crippen molar-refractivity contribution in [3.05, 3.63) is 57.6 Å². The summed E-state index contributed by atoms with van der Waals surface area (Å²) in [5, 5.41) is 16.0. The van der Waals surface area contributed by atoms with E-state index in [2.05, 4.69) is 26.6 Å². The molecule has 2 rings (SSSR count). The number of carboxylic acid groups (broad SMARTS) is 1. The lowest BCUT2D eigenvalue weighted by atomic mass is 10.0. The first-order valence-electron chi connectivity index (χ1n) is 8.00. The van der Waals surface area contributed by atoms with Gasteiger partial charge in [0.1, 0.15) is 0 Å². The summed E-state index contributed by atoms with van der Waals surface area (Å²) in [6.45, 7) is 4.00. The number of carbonyl (C=O) groups is 1. The first kappa shape index (κ1) is 20.7. The molecule has 138 valence electrons. The number of aryl methyl sites for hydroxylation is 2. The molecule has 0 aliphatic heterocycles. The molecular formula is C19H21BrN2O2S2. The number of benzene rings is 2. The van der Waals surface area contributed by atoms with Crippen molar-refractivity contribution in [3.63, 3.8) is 0 Å². The summed E-state index contributed by atoms with van der Waals surface area (Å²) in [5.41, 5.74) is 3.93. The van der Waals surface area contributed by atoms with Crippen LogP contribution in [0.3, 0.4) is 0 Å². The second-order valence-electron chi connectivity index (χ2n) is 5.94. The highest BCUT2D eigenvalue weighted by Gasteiger charge is 2.17. The van der Waals surface area contributed by atoms with Crippen molar-refractivity contribution in [2.24, 2.45) is 0 Å². The molecule has 0 unspecified atom stereocenters. The Kier molecular flexibility index (Phi) is 7.49. The molecule has 2 aromatic rings. The number of carboxylic acids is 1. The lowest BCUT2D eigenvalue weighted by Gasteiger charge is -2.21. The van der Waals surface area contributed by atoms with E-state index >= 15 is 0 Å². The fourth-order valence-corrected chi connectivity index (χ4v) is 4.02. The minimum Gasteiger partial charge on any atom is -0.481 e. The first-order valence-corrected chi connectivity index (χ1v) is 10.4. The van der Waals surface area contributed by atoms with Gasteiger partial charge in [-0.25, -0.2) is 0 Å². The average molecular weight is 453 g/mol. The van der Waals surface area contributed by atoms with Crippen molar-refractivity contribution in [3.8, 4) is 0 Å². The number of aliphatic carboxylic acids is 1. The fourth-order valence-electron chi connectivity index (χ4n) is 2.68. The maximum absolute atomic E-state index is 11.3. The van der Waals surface area contributed by atoms with Gasteiger partial charge in [0.2, 0.25) is 0 Å². The summed E-state index contributed by atoms with van der Waals surface area (Å²) in [7, 11) is 0. The molecule has 0 radical (unpaired) electrons. The number of anilines is 1. The molecule has 0 spiro atoms. The minimum atomic E-state index is -0.879. The Morgan fingerprint density at radius 2 is 1.81 bits per heavy atom. The summed E-state index contributed by atoms with van der Waals surface area (Å²) in [5.74, 6) is -0.879. The number of hydrogen-bond donors (Lipinski definition) is 3. The van der Waals surface area contributed by atoms with Crippen LogP contribution in [0.25, 0.3) is 0 Å². The molecule has 0 fully saturated rings. The summed E-state index contributed by atoms with van der Waals surface area (Å²) >= 11 is 10.6. The van der Waals surface area contributed by atoms with E-state index < -0.39 is 12.0 Å². The van der Waals surface area contributed by atoms with E-state index in [1.807, 2.05) is 56.5 Å². The van der Waals surface area contributed by atoms with Gasteiger partial charge in [-0.15, -0.1) is 11.8 Å². The van der Waals surface area contributed by atoms with E-state index in [4.69, 9.17) is 12.2 Å². The number of nitrogens with one attached hydrogen (secondary N) is 2. The number of halogens is 1. The van der Waals surface area contributed by atoms with Gasteiger partial charge in [0, 0.05) is 15.1 Å². The standard InChI is InChI=1S/C19H21BrN2O2S2/c1-11-8-14(20)9-12(2)18(11)22-19(25)21-16(10-17(23)24)13-4-6-15(26-3)7-5-13/h4-9,16H,10H2,1-3H3,(H,23,24)(H2,21,22,25)/t16-/m0/s1. The zero-order chi connectivity index (χ0) is 19.3. The molecule has 0 heterocycles.